The number of nitrogens with one attached hydrogen (secondary N) is 1. The molecule has 0 aromatic carbocycles. The maximum Gasteiger partial charge on any atom is 0.242 e. The molecule has 1 atom stereocenters. The Bertz CT molecular complexity index is 596. The van der Waals surface area contributed by atoms with Gasteiger partial charge in [-0.1, -0.05) is 11.3 Å². The number of hydrogen-bond donors (Lipinski definition) is 2. The van der Waals surface area contributed by atoms with E-state index in [9.17, 15) is 9.90 Å². The van der Waals surface area contributed by atoms with Gasteiger partial charge in [-0.3, -0.25) is 9.78 Å². The number of rotatable bonds is 6. The SMILES string of the molecule is O=C(Cn1ccnn1)NC(Cc1ccccn1)C1CC(O)C1. The lowest BCUT2D eigenvalue weighted by atomic mass is 9.76. The summed E-state index contributed by atoms with van der Waals surface area (Å²) < 4.78 is 1.49. The Kier molecular flexibility index (Phi) is 4.43. The first kappa shape index (κ1) is 14.6. The zero-order chi connectivity index (χ0) is 15.4. The van der Waals surface area contributed by atoms with Crippen LogP contribution in [0.1, 0.15) is 18.5 Å². The Balaban J connectivity index is 1.62. The zero-order valence-corrected chi connectivity index (χ0v) is 12.2. The summed E-state index contributed by atoms with van der Waals surface area (Å²) in [6, 6.07) is 5.74. The fourth-order valence-electron chi connectivity index (χ4n) is 2.75. The molecule has 1 fully saturated rings. The van der Waals surface area contributed by atoms with Gasteiger partial charge in [-0.2, -0.15) is 0 Å². The molecule has 1 aliphatic carbocycles. The molecule has 2 aromatic heterocycles. The lowest BCUT2D eigenvalue weighted by Crippen LogP contribution is -2.49. The third-order valence-corrected chi connectivity index (χ3v) is 4.00. The van der Waals surface area contributed by atoms with Crippen LogP contribution in [0.5, 0.6) is 0 Å². The highest BCUT2D eigenvalue weighted by atomic mass is 16.3. The number of aliphatic hydroxyl groups is 1. The Hall–Kier alpha value is -2.28. The molecule has 1 aliphatic rings. The molecule has 116 valence electrons. The minimum Gasteiger partial charge on any atom is -0.393 e. The quantitative estimate of drug-likeness (QED) is 0.793. The maximum absolute atomic E-state index is 12.2. The predicted molar refractivity (Wildman–Crippen MR) is 78.6 cm³/mol. The molecule has 7 nitrogen and oxygen atoms in total. The van der Waals surface area contributed by atoms with E-state index in [1.54, 1.807) is 18.6 Å². The van der Waals surface area contributed by atoms with Crippen LogP contribution in [0, 0.1) is 5.92 Å². The first-order valence-corrected chi connectivity index (χ1v) is 7.42. The first-order chi connectivity index (χ1) is 10.7. The standard InChI is InChI=1S/C15H19N5O2/c21-13-7-11(8-13)14(9-12-3-1-2-4-16-12)18-15(22)10-20-6-5-17-19-20/h1-6,11,13-14,21H,7-10H2,(H,18,22). The van der Waals surface area contributed by atoms with Crippen LogP contribution in [0.3, 0.4) is 0 Å². The van der Waals surface area contributed by atoms with Gasteiger partial charge in [-0.25, -0.2) is 4.68 Å². The smallest absolute Gasteiger partial charge is 0.242 e. The molecule has 1 unspecified atom stereocenters. The second-order valence-electron chi connectivity index (χ2n) is 5.69. The van der Waals surface area contributed by atoms with Gasteiger partial charge in [0, 0.05) is 30.6 Å². The molecule has 7 heteroatoms. The van der Waals surface area contributed by atoms with Gasteiger partial charge in [0.15, 0.2) is 0 Å². The summed E-state index contributed by atoms with van der Waals surface area (Å²) in [5.74, 6) is 0.185. The van der Waals surface area contributed by atoms with Gasteiger partial charge in [-0.15, -0.1) is 5.10 Å². The van der Waals surface area contributed by atoms with Crippen molar-refractivity contribution < 1.29 is 9.90 Å². The largest absolute Gasteiger partial charge is 0.393 e. The molecule has 1 amide bonds. The minimum atomic E-state index is -0.247. The highest BCUT2D eigenvalue weighted by Crippen LogP contribution is 2.31. The second kappa shape index (κ2) is 6.65. The maximum atomic E-state index is 12.2. The van der Waals surface area contributed by atoms with Gasteiger partial charge in [0.1, 0.15) is 6.54 Å². The van der Waals surface area contributed by atoms with Gasteiger partial charge < -0.3 is 10.4 Å². The number of carbonyl (C=O) groups is 1. The van der Waals surface area contributed by atoms with Crippen molar-refractivity contribution in [2.45, 2.75) is 38.0 Å². The highest BCUT2D eigenvalue weighted by Gasteiger charge is 2.35. The van der Waals surface area contributed by atoms with Crippen molar-refractivity contribution in [3.05, 3.63) is 42.5 Å². The third kappa shape index (κ3) is 3.67. The average molecular weight is 301 g/mol. The topological polar surface area (TPSA) is 92.9 Å². The monoisotopic (exact) mass is 301 g/mol. The normalized spacial score (nSPS) is 21.9. The summed E-state index contributed by atoms with van der Waals surface area (Å²) in [4.78, 5) is 16.5. The average Bonchev–Trinajstić information content (AvgIpc) is 2.97. The lowest BCUT2D eigenvalue weighted by molar-refractivity contribution is -0.123. The lowest BCUT2D eigenvalue weighted by Gasteiger charge is -2.38. The summed E-state index contributed by atoms with van der Waals surface area (Å²) in [6.45, 7) is 0.147. The molecule has 0 saturated heterocycles. The Morgan fingerprint density at radius 3 is 2.91 bits per heavy atom. The van der Waals surface area contributed by atoms with Crippen molar-refractivity contribution in [3.8, 4) is 0 Å². The van der Waals surface area contributed by atoms with Crippen LogP contribution < -0.4 is 5.32 Å². The van der Waals surface area contributed by atoms with E-state index in [4.69, 9.17) is 0 Å². The van der Waals surface area contributed by atoms with E-state index < -0.39 is 0 Å². The van der Waals surface area contributed by atoms with Crippen molar-refractivity contribution in [1.29, 1.82) is 0 Å². The van der Waals surface area contributed by atoms with E-state index in [0.29, 0.717) is 6.42 Å². The molecule has 0 aliphatic heterocycles. The van der Waals surface area contributed by atoms with E-state index in [2.05, 4.69) is 20.6 Å². The van der Waals surface area contributed by atoms with Crippen LogP contribution in [0.2, 0.25) is 0 Å². The van der Waals surface area contributed by atoms with Crippen LogP contribution in [-0.4, -0.2) is 43.1 Å². The van der Waals surface area contributed by atoms with Crippen LogP contribution in [-0.2, 0) is 17.8 Å². The summed E-state index contributed by atoms with van der Waals surface area (Å²) in [5, 5.41) is 20.0. The molecule has 0 bridgehead atoms. The van der Waals surface area contributed by atoms with Crippen molar-refractivity contribution in [2.75, 3.05) is 0 Å². The van der Waals surface area contributed by atoms with Crippen LogP contribution in [0.25, 0.3) is 0 Å². The molecule has 0 radical (unpaired) electrons. The van der Waals surface area contributed by atoms with Crippen LogP contribution in [0.4, 0.5) is 0 Å². The summed E-state index contributed by atoms with van der Waals surface area (Å²) in [5.41, 5.74) is 0.940. The van der Waals surface area contributed by atoms with Gasteiger partial charge in [0.25, 0.3) is 0 Å². The molecular weight excluding hydrogens is 282 g/mol. The van der Waals surface area contributed by atoms with Crippen molar-refractivity contribution in [3.63, 3.8) is 0 Å². The van der Waals surface area contributed by atoms with Crippen molar-refractivity contribution in [2.24, 2.45) is 5.92 Å². The Morgan fingerprint density at radius 2 is 2.27 bits per heavy atom. The fraction of sp³-hybridized carbons (Fsp3) is 0.467. The molecule has 1 saturated carbocycles. The first-order valence-electron chi connectivity index (χ1n) is 7.42. The molecule has 2 aromatic rings. The Labute approximate surface area is 128 Å². The fourth-order valence-corrected chi connectivity index (χ4v) is 2.75. The van der Waals surface area contributed by atoms with E-state index in [1.807, 2.05) is 18.2 Å². The third-order valence-electron chi connectivity index (χ3n) is 4.00. The minimum absolute atomic E-state index is 0.0191. The predicted octanol–water partition coefficient (Wildman–Crippen LogP) is 0.171. The number of nitrogens with zero attached hydrogens (tertiary/aromatic N) is 4. The molecular formula is C15H19N5O2. The molecule has 2 N–H and O–H groups in total. The molecule has 2 heterocycles. The number of aliphatic hydroxyl groups excluding tert-OH is 1. The van der Waals surface area contributed by atoms with E-state index in [-0.39, 0.29) is 30.5 Å². The molecule has 3 rings (SSSR count). The highest BCUT2D eigenvalue weighted by molar-refractivity contribution is 5.76. The van der Waals surface area contributed by atoms with Gasteiger partial charge >= 0.3 is 0 Å². The molecule has 22 heavy (non-hydrogen) atoms. The van der Waals surface area contributed by atoms with Crippen LogP contribution >= 0.6 is 0 Å². The molecule has 0 spiro atoms. The summed E-state index contributed by atoms with van der Waals surface area (Å²) >= 11 is 0. The Morgan fingerprint density at radius 1 is 1.41 bits per heavy atom. The van der Waals surface area contributed by atoms with Gasteiger partial charge in [0.05, 0.1) is 12.3 Å². The zero-order valence-electron chi connectivity index (χ0n) is 12.2. The summed E-state index contributed by atoms with van der Waals surface area (Å²) in [7, 11) is 0. The number of aromatic nitrogens is 4. The second-order valence-corrected chi connectivity index (χ2v) is 5.69. The van der Waals surface area contributed by atoms with E-state index >= 15 is 0 Å². The van der Waals surface area contributed by atoms with E-state index in [1.165, 1.54) is 4.68 Å². The number of amides is 1. The van der Waals surface area contributed by atoms with Gasteiger partial charge in [-0.05, 0) is 30.9 Å². The number of hydrogen-bond acceptors (Lipinski definition) is 5. The van der Waals surface area contributed by atoms with Crippen molar-refractivity contribution >= 4 is 5.91 Å². The number of pyridine rings is 1. The number of carbonyl (C=O) groups excluding carboxylic acids is 1. The van der Waals surface area contributed by atoms with Crippen molar-refractivity contribution in [1.82, 2.24) is 25.3 Å². The summed E-state index contributed by atoms with van der Waals surface area (Å²) in [6.07, 6.45) is 6.81. The van der Waals surface area contributed by atoms with Gasteiger partial charge in [0.2, 0.25) is 5.91 Å². The van der Waals surface area contributed by atoms with Crippen LogP contribution in [0.15, 0.2) is 36.8 Å². The van der Waals surface area contributed by atoms with E-state index in [0.717, 1.165) is 18.5 Å².